The molecule has 0 saturated carbocycles. The van der Waals surface area contributed by atoms with Crippen LogP contribution in [-0.2, 0) is 6.54 Å². The average molecular weight is 386 g/mol. The summed E-state index contributed by atoms with van der Waals surface area (Å²) in [5.74, 6) is 1.11. The van der Waals surface area contributed by atoms with Gasteiger partial charge in [0.05, 0.1) is 0 Å². The summed E-state index contributed by atoms with van der Waals surface area (Å²) in [4.78, 5) is 14.5. The molecule has 0 atom stereocenters. The minimum absolute atomic E-state index is 0.474. The molecule has 4 heteroatoms. The van der Waals surface area contributed by atoms with E-state index in [0.717, 1.165) is 38.2 Å². The third kappa shape index (κ3) is 5.46. The lowest BCUT2D eigenvalue weighted by atomic mass is 9.89. The molecule has 1 saturated heterocycles. The highest BCUT2D eigenvalue weighted by Crippen LogP contribution is 2.29. The van der Waals surface area contributed by atoms with Gasteiger partial charge < -0.3 is 4.74 Å². The zero-order chi connectivity index (χ0) is 19.9. The molecule has 0 radical (unpaired) electrons. The topological polar surface area (TPSA) is 41.6 Å². The number of ether oxygens (including phenoxy) is 1. The molecule has 1 heterocycles. The number of hydrogen-bond donors (Lipinski definition) is 1. The Morgan fingerprint density at radius 1 is 0.862 bits per heavy atom. The number of carbonyl (C=O) groups excluding carboxylic acids is 1. The Labute approximate surface area is 172 Å². The van der Waals surface area contributed by atoms with Crippen molar-refractivity contribution in [1.29, 1.82) is 0 Å². The molecule has 1 aliphatic heterocycles. The largest absolute Gasteiger partial charge is 0.417 e. The van der Waals surface area contributed by atoms with E-state index < -0.39 is 6.09 Å². The standard InChI is InChI=1S/C25H26N2O2/c28-25(29-24-9-5-2-6-10-24)26-23-13-11-21(12-14-23)22-15-17-27(18-16-22)19-20-7-3-1-4-8-20/h1-14,22H,15-19H2,(H,26,28). The van der Waals surface area contributed by atoms with Crippen LogP contribution in [0.15, 0.2) is 84.9 Å². The van der Waals surface area contributed by atoms with Crippen molar-refractivity contribution in [3.8, 4) is 5.75 Å². The Bertz CT molecular complexity index is 903. The Kier molecular flexibility index (Phi) is 6.22. The van der Waals surface area contributed by atoms with Gasteiger partial charge in [-0.15, -0.1) is 0 Å². The number of anilines is 1. The van der Waals surface area contributed by atoms with Gasteiger partial charge in [0.2, 0.25) is 0 Å². The maximum absolute atomic E-state index is 12.0. The predicted molar refractivity (Wildman–Crippen MR) is 116 cm³/mol. The first kappa shape index (κ1) is 19.2. The number of rotatable bonds is 5. The number of hydrogen-bond acceptors (Lipinski definition) is 3. The van der Waals surface area contributed by atoms with E-state index in [4.69, 9.17) is 4.74 Å². The zero-order valence-corrected chi connectivity index (χ0v) is 16.5. The first-order valence-electron chi connectivity index (χ1n) is 10.2. The Hall–Kier alpha value is -3.11. The molecular formula is C25H26N2O2. The first-order valence-corrected chi connectivity index (χ1v) is 10.2. The van der Waals surface area contributed by atoms with Gasteiger partial charge in [-0.3, -0.25) is 10.2 Å². The number of amides is 1. The van der Waals surface area contributed by atoms with Gasteiger partial charge in [0.25, 0.3) is 0 Å². The van der Waals surface area contributed by atoms with Crippen LogP contribution in [0.4, 0.5) is 10.5 Å². The number of nitrogens with one attached hydrogen (secondary N) is 1. The smallest absolute Gasteiger partial charge is 0.410 e. The molecule has 3 aromatic carbocycles. The van der Waals surface area contributed by atoms with Crippen molar-refractivity contribution >= 4 is 11.8 Å². The van der Waals surface area contributed by atoms with E-state index in [1.54, 1.807) is 12.1 Å². The van der Waals surface area contributed by atoms with Crippen LogP contribution in [0.2, 0.25) is 0 Å². The maximum Gasteiger partial charge on any atom is 0.417 e. The number of para-hydroxylation sites is 1. The summed E-state index contributed by atoms with van der Waals surface area (Å²) in [6, 6.07) is 27.9. The van der Waals surface area contributed by atoms with Gasteiger partial charge in [-0.25, -0.2) is 4.79 Å². The highest BCUT2D eigenvalue weighted by Gasteiger charge is 2.20. The van der Waals surface area contributed by atoms with Crippen LogP contribution in [-0.4, -0.2) is 24.1 Å². The number of carbonyl (C=O) groups is 1. The van der Waals surface area contributed by atoms with Crippen LogP contribution < -0.4 is 10.1 Å². The third-order valence-electron chi connectivity index (χ3n) is 5.42. The quantitative estimate of drug-likeness (QED) is 0.614. The van der Waals surface area contributed by atoms with Crippen molar-refractivity contribution in [2.75, 3.05) is 18.4 Å². The van der Waals surface area contributed by atoms with Gasteiger partial charge in [-0.05, 0) is 67.2 Å². The van der Waals surface area contributed by atoms with Gasteiger partial charge in [0.15, 0.2) is 0 Å². The molecule has 1 N–H and O–H groups in total. The lowest BCUT2D eigenvalue weighted by molar-refractivity contribution is 0.204. The maximum atomic E-state index is 12.0. The zero-order valence-electron chi connectivity index (χ0n) is 16.5. The lowest BCUT2D eigenvalue weighted by Crippen LogP contribution is -2.32. The molecule has 29 heavy (non-hydrogen) atoms. The van der Waals surface area contributed by atoms with Crippen LogP contribution in [0.1, 0.15) is 29.9 Å². The Morgan fingerprint density at radius 2 is 1.48 bits per heavy atom. The SMILES string of the molecule is O=C(Nc1ccc(C2CCN(Cc3ccccc3)CC2)cc1)Oc1ccccc1. The van der Waals surface area contributed by atoms with E-state index in [-0.39, 0.29) is 0 Å². The Morgan fingerprint density at radius 3 is 2.14 bits per heavy atom. The summed E-state index contributed by atoms with van der Waals surface area (Å²) in [5.41, 5.74) is 3.46. The van der Waals surface area contributed by atoms with Crippen LogP contribution >= 0.6 is 0 Å². The normalized spacial score (nSPS) is 15.0. The molecule has 0 unspecified atom stereocenters. The van der Waals surface area contributed by atoms with Gasteiger partial charge in [-0.1, -0.05) is 60.7 Å². The second-order valence-corrected chi connectivity index (χ2v) is 7.49. The van der Waals surface area contributed by atoms with Gasteiger partial charge in [0.1, 0.15) is 5.75 Å². The molecule has 1 aliphatic rings. The molecule has 0 aliphatic carbocycles. The van der Waals surface area contributed by atoms with Crippen LogP contribution in [0.3, 0.4) is 0 Å². The monoisotopic (exact) mass is 386 g/mol. The lowest BCUT2D eigenvalue weighted by Gasteiger charge is -2.32. The van der Waals surface area contributed by atoms with Crippen molar-refractivity contribution in [2.45, 2.75) is 25.3 Å². The predicted octanol–water partition coefficient (Wildman–Crippen LogP) is 5.68. The molecular weight excluding hydrogens is 360 g/mol. The van der Waals surface area contributed by atoms with Crippen LogP contribution in [0.25, 0.3) is 0 Å². The minimum Gasteiger partial charge on any atom is -0.410 e. The van der Waals surface area contributed by atoms with E-state index in [2.05, 4.69) is 52.7 Å². The van der Waals surface area contributed by atoms with E-state index in [9.17, 15) is 4.79 Å². The fourth-order valence-electron chi connectivity index (χ4n) is 3.84. The van der Waals surface area contributed by atoms with E-state index in [1.165, 1.54) is 11.1 Å². The molecule has 4 nitrogen and oxygen atoms in total. The molecule has 1 amide bonds. The van der Waals surface area contributed by atoms with Crippen molar-refractivity contribution in [3.63, 3.8) is 0 Å². The van der Waals surface area contributed by atoms with Gasteiger partial charge in [-0.2, -0.15) is 0 Å². The van der Waals surface area contributed by atoms with Crippen LogP contribution in [0, 0.1) is 0 Å². The number of nitrogens with zero attached hydrogens (tertiary/aromatic N) is 1. The molecule has 148 valence electrons. The van der Waals surface area contributed by atoms with Crippen molar-refractivity contribution in [2.24, 2.45) is 0 Å². The summed E-state index contributed by atoms with van der Waals surface area (Å²) < 4.78 is 5.27. The van der Waals surface area contributed by atoms with E-state index >= 15 is 0 Å². The summed E-state index contributed by atoms with van der Waals surface area (Å²) in [6.07, 6.45) is 1.85. The van der Waals surface area contributed by atoms with E-state index in [0.29, 0.717) is 11.7 Å². The molecule has 3 aromatic rings. The summed E-state index contributed by atoms with van der Waals surface area (Å²) >= 11 is 0. The van der Waals surface area contributed by atoms with Crippen LogP contribution in [0.5, 0.6) is 5.75 Å². The number of likely N-dealkylation sites (tertiary alicyclic amines) is 1. The average Bonchev–Trinajstić information content (AvgIpc) is 2.76. The molecule has 0 bridgehead atoms. The summed E-state index contributed by atoms with van der Waals surface area (Å²) in [6.45, 7) is 3.26. The Balaban J connectivity index is 1.27. The second-order valence-electron chi connectivity index (χ2n) is 7.49. The molecule has 0 spiro atoms. The summed E-state index contributed by atoms with van der Waals surface area (Å²) in [7, 11) is 0. The van der Waals surface area contributed by atoms with Gasteiger partial charge in [0, 0.05) is 12.2 Å². The van der Waals surface area contributed by atoms with Gasteiger partial charge >= 0.3 is 6.09 Å². The van der Waals surface area contributed by atoms with Crippen molar-refractivity contribution in [1.82, 2.24) is 4.90 Å². The van der Waals surface area contributed by atoms with Crippen molar-refractivity contribution in [3.05, 3.63) is 96.1 Å². The number of piperidine rings is 1. The van der Waals surface area contributed by atoms with E-state index in [1.807, 2.05) is 30.3 Å². The van der Waals surface area contributed by atoms with Crippen molar-refractivity contribution < 1.29 is 9.53 Å². The molecule has 1 fully saturated rings. The third-order valence-corrected chi connectivity index (χ3v) is 5.42. The summed E-state index contributed by atoms with van der Waals surface area (Å²) in [5, 5.41) is 2.79. The molecule has 0 aromatic heterocycles. The fourth-order valence-corrected chi connectivity index (χ4v) is 3.84. The minimum atomic E-state index is -0.474. The first-order chi connectivity index (χ1) is 14.3. The fraction of sp³-hybridized carbons (Fsp3) is 0.240. The molecule has 4 rings (SSSR count). The number of benzene rings is 3. The second kappa shape index (κ2) is 9.39. The highest BCUT2D eigenvalue weighted by molar-refractivity contribution is 5.86. The highest BCUT2D eigenvalue weighted by atomic mass is 16.6.